The Balaban J connectivity index is 1.60. The molecule has 0 amide bonds. The van der Waals surface area contributed by atoms with Crippen LogP contribution in [0.1, 0.15) is 47.3 Å². The van der Waals surface area contributed by atoms with Crippen LogP contribution in [0.4, 0.5) is 5.95 Å². The van der Waals surface area contributed by atoms with Crippen molar-refractivity contribution in [3.63, 3.8) is 0 Å². The summed E-state index contributed by atoms with van der Waals surface area (Å²) in [6.45, 7) is 9.32. The second kappa shape index (κ2) is 8.43. The Kier molecular flexibility index (Phi) is 5.76. The highest BCUT2D eigenvalue weighted by Gasteiger charge is 2.21. The molecule has 1 aromatic carbocycles. The van der Waals surface area contributed by atoms with Crippen molar-refractivity contribution in [1.29, 1.82) is 0 Å². The van der Waals surface area contributed by atoms with E-state index < -0.39 is 0 Å². The van der Waals surface area contributed by atoms with Crippen LogP contribution in [0.15, 0.2) is 40.1 Å². The summed E-state index contributed by atoms with van der Waals surface area (Å²) in [5, 5.41) is 10.1. The second-order valence-corrected chi connectivity index (χ2v) is 8.60. The van der Waals surface area contributed by atoms with E-state index in [0.717, 1.165) is 35.7 Å². The minimum atomic E-state index is 0.667. The molecule has 3 heterocycles. The quantitative estimate of drug-likeness (QED) is 0.541. The molecule has 0 N–H and O–H groups in total. The molecule has 1 aliphatic heterocycles. The summed E-state index contributed by atoms with van der Waals surface area (Å²) in [7, 11) is 0. The molecule has 0 saturated carbocycles. The lowest BCUT2D eigenvalue weighted by atomic mass is 10.0. The summed E-state index contributed by atoms with van der Waals surface area (Å²) in [5.74, 6) is 2.80. The number of hydrogen-bond acceptors (Lipinski definition) is 5. The first-order valence-electron chi connectivity index (χ1n) is 10.0. The third-order valence-electron chi connectivity index (χ3n) is 5.42. The highest BCUT2D eigenvalue weighted by atomic mass is 32.2. The highest BCUT2D eigenvalue weighted by Crippen LogP contribution is 2.30. The zero-order valence-electron chi connectivity index (χ0n) is 16.9. The predicted octanol–water partition coefficient (Wildman–Crippen LogP) is 5.13. The Bertz CT molecular complexity index is 903. The van der Waals surface area contributed by atoms with Gasteiger partial charge in [0.1, 0.15) is 5.76 Å². The average Bonchev–Trinajstić information content (AvgIpc) is 3.32. The first kappa shape index (κ1) is 19.1. The fraction of sp³-hybridized carbons (Fsp3) is 0.455. The van der Waals surface area contributed by atoms with E-state index in [1.54, 1.807) is 18.0 Å². The van der Waals surface area contributed by atoms with Gasteiger partial charge >= 0.3 is 0 Å². The van der Waals surface area contributed by atoms with E-state index in [2.05, 4.69) is 52.6 Å². The number of aryl methyl sites for hydroxylation is 3. The van der Waals surface area contributed by atoms with E-state index in [1.165, 1.54) is 41.5 Å². The highest BCUT2D eigenvalue weighted by molar-refractivity contribution is 7.98. The molecule has 0 spiro atoms. The summed E-state index contributed by atoms with van der Waals surface area (Å²) in [6.07, 6.45) is 5.47. The number of furan rings is 1. The molecule has 4 rings (SSSR count). The van der Waals surface area contributed by atoms with Crippen LogP contribution in [0.3, 0.4) is 0 Å². The van der Waals surface area contributed by atoms with Gasteiger partial charge < -0.3 is 9.32 Å². The lowest BCUT2D eigenvalue weighted by Gasteiger charge is -2.27. The number of anilines is 1. The summed E-state index contributed by atoms with van der Waals surface area (Å²) < 4.78 is 7.83. The largest absolute Gasteiger partial charge is 0.467 e. The van der Waals surface area contributed by atoms with E-state index >= 15 is 0 Å². The average molecular weight is 397 g/mol. The summed E-state index contributed by atoms with van der Waals surface area (Å²) in [6, 6.07) is 8.47. The van der Waals surface area contributed by atoms with Crippen LogP contribution < -0.4 is 4.90 Å². The van der Waals surface area contributed by atoms with Gasteiger partial charge in [0, 0.05) is 18.8 Å². The Hall–Kier alpha value is -2.21. The Morgan fingerprint density at radius 2 is 1.79 bits per heavy atom. The zero-order valence-corrected chi connectivity index (χ0v) is 17.8. The first-order chi connectivity index (χ1) is 13.6. The standard InChI is InChI=1S/C22H28N4OS/c1-16-12-17(2)20(18(3)13-16)15-28-22-24-23-21(25-9-5-4-6-10-25)26(22)14-19-8-7-11-27-19/h7-8,11-13H,4-6,9-10,14-15H2,1-3H3. The number of hydrogen-bond donors (Lipinski definition) is 0. The van der Waals surface area contributed by atoms with E-state index in [0.29, 0.717) is 6.54 Å². The van der Waals surface area contributed by atoms with Crippen molar-refractivity contribution >= 4 is 17.7 Å². The maximum Gasteiger partial charge on any atom is 0.228 e. The smallest absolute Gasteiger partial charge is 0.228 e. The van der Waals surface area contributed by atoms with Crippen molar-refractivity contribution in [2.24, 2.45) is 0 Å². The predicted molar refractivity (Wildman–Crippen MR) is 114 cm³/mol. The van der Waals surface area contributed by atoms with Crippen LogP contribution in [0.5, 0.6) is 0 Å². The number of thioether (sulfide) groups is 1. The fourth-order valence-electron chi connectivity index (χ4n) is 3.99. The molecule has 1 saturated heterocycles. The number of aromatic nitrogens is 3. The van der Waals surface area contributed by atoms with Gasteiger partial charge in [0.2, 0.25) is 5.95 Å². The molecule has 0 radical (unpaired) electrons. The molecule has 6 heteroatoms. The van der Waals surface area contributed by atoms with Gasteiger partial charge in [0.05, 0.1) is 12.8 Å². The van der Waals surface area contributed by atoms with Crippen LogP contribution >= 0.6 is 11.8 Å². The van der Waals surface area contributed by atoms with Crippen LogP contribution in [0.2, 0.25) is 0 Å². The molecule has 1 aliphatic rings. The van der Waals surface area contributed by atoms with Crippen LogP contribution in [0, 0.1) is 20.8 Å². The van der Waals surface area contributed by atoms with Crippen molar-refractivity contribution in [2.45, 2.75) is 57.5 Å². The van der Waals surface area contributed by atoms with Gasteiger partial charge in [-0.05, 0) is 68.9 Å². The third-order valence-corrected chi connectivity index (χ3v) is 6.41. The van der Waals surface area contributed by atoms with Gasteiger partial charge in [-0.15, -0.1) is 10.2 Å². The van der Waals surface area contributed by atoms with Gasteiger partial charge in [-0.3, -0.25) is 4.57 Å². The molecule has 28 heavy (non-hydrogen) atoms. The van der Waals surface area contributed by atoms with E-state index in [1.807, 2.05) is 12.1 Å². The van der Waals surface area contributed by atoms with Crippen molar-refractivity contribution in [2.75, 3.05) is 18.0 Å². The second-order valence-electron chi connectivity index (χ2n) is 7.66. The van der Waals surface area contributed by atoms with Crippen molar-refractivity contribution < 1.29 is 4.42 Å². The van der Waals surface area contributed by atoms with E-state index in [9.17, 15) is 0 Å². The lowest BCUT2D eigenvalue weighted by Crippen LogP contribution is -2.32. The molecule has 0 aliphatic carbocycles. The molecular formula is C22H28N4OS. The van der Waals surface area contributed by atoms with Gasteiger partial charge in [-0.1, -0.05) is 29.5 Å². The lowest BCUT2D eigenvalue weighted by molar-refractivity contribution is 0.479. The van der Waals surface area contributed by atoms with E-state index in [4.69, 9.17) is 4.42 Å². The summed E-state index contributed by atoms with van der Waals surface area (Å²) in [4.78, 5) is 2.37. The van der Waals surface area contributed by atoms with Gasteiger partial charge in [-0.2, -0.15) is 0 Å². The minimum Gasteiger partial charge on any atom is -0.467 e. The molecule has 148 valence electrons. The molecule has 1 fully saturated rings. The maximum atomic E-state index is 5.61. The minimum absolute atomic E-state index is 0.667. The number of rotatable bonds is 6. The first-order valence-corrected chi connectivity index (χ1v) is 11.0. The van der Waals surface area contributed by atoms with Crippen molar-refractivity contribution in [3.8, 4) is 0 Å². The molecule has 3 aromatic rings. The van der Waals surface area contributed by atoms with Crippen LogP contribution in [-0.2, 0) is 12.3 Å². The van der Waals surface area contributed by atoms with Crippen molar-refractivity contribution in [1.82, 2.24) is 14.8 Å². The van der Waals surface area contributed by atoms with Crippen LogP contribution in [-0.4, -0.2) is 27.9 Å². The third kappa shape index (κ3) is 4.12. The summed E-state index contributed by atoms with van der Waals surface area (Å²) >= 11 is 1.76. The molecule has 0 unspecified atom stereocenters. The topological polar surface area (TPSA) is 47.1 Å². The normalized spacial score (nSPS) is 14.6. The molecule has 5 nitrogen and oxygen atoms in total. The molecule has 0 bridgehead atoms. The van der Waals surface area contributed by atoms with Gasteiger partial charge in [-0.25, -0.2) is 0 Å². The maximum absolute atomic E-state index is 5.61. The van der Waals surface area contributed by atoms with Crippen molar-refractivity contribution in [3.05, 3.63) is 58.5 Å². The van der Waals surface area contributed by atoms with Gasteiger partial charge in [0.25, 0.3) is 0 Å². The SMILES string of the molecule is Cc1cc(C)c(CSc2nnc(N3CCCCC3)n2Cc2ccco2)c(C)c1. The Labute approximate surface area is 171 Å². The fourth-order valence-corrected chi connectivity index (χ4v) is 5.12. The van der Waals surface area contributed by atoms with E-state index in [-0.39, 0.29) is 0 Å². The Morgan fingerprint density at radius 3 is 2.46 bits per heavy atom. The van der Waals surface area contributed by atoms with Crippen LogP contribution in [0.25, 0.3) is 0 Å². The molecule has 0 atom stereocenters. The molecule has 2 aromatic heterocycles. The molecular weight excluding hydrogens is 368 g/mol. The zero-order chi connectivity index (χ0) is 19.5. The number of benzene rings is 1. The summed E-state index contributed by atoms with van der Waals surface area (Å²) in [5.41, 5.74) is 5.40. The Morgan fingerprint density at radius 1 is 1.04 bits per heavy atom. The monoisotopic (exact) mass is 396 g/mol. The number of nitrogens with zero attached hydrogens (tertiary/aromatic N) is 4. The number of piperidine rings is 1. The van der Waals surface area contributed by atoms with Gasteiger partial charge in [0.15, 0.2) is 5.16 Å².